The fourth-order valence-electron chi connectivity index (χ4n) is 16.8. The van der Waals surface area contributed by atoms with Gasteiger partial charge < -0.3 is 9.80 Å². The Morgan fingerprint density at radius 1 is 0.337 bits per heavy atom. The second-order valence-electron chi connectivity index (χ2n) is 30.8. The monoisotopic (exact) mass is 1310 g/mol. The minimum absolute atomic E-state index is 0.106. The van der Waals surface area contributed by atoms with Crippen molar-refractivity contribution in [2.24, 2.45) is 23.7 Å². The molecule has 101 heavy (non-hydrogen) atoms. The molecule has 2 heteroatoms. The topological polar surface area (TPSA) is 6.48 Å². The van der Waals surface area contributed by atoms with Crippen LogP contribution in [0.1, 0.15) is 123 Å². The van der Waals surface area contributed by atoms with E-state index < -0.39 is 0 Å². The maximum absolute atomic E-state index is 2.58. The van der Waals surface area contributed by atoms with Gasteiger partial charge in [0, 0.05) is 45.7 Å². The molecule has 10 aromatic rings. The molecule has 5 atom stereocenters. The zero-order valence-corrected chi connectivity index (χ0v) is 61.9. The number of benzene rings is 10. The van der Waals surface area contributed by atoms with Gasteiger partial charge in [-0.3, -0.25) is 0 Å². The van der Waals surface area contributed by atoms with E-state index >= 15 is 0 Å². The first kappa shape index (κ1) is 67.9. The maximum atomic E-state index is 2.58. The van der Waals surface area contributed by atoms with Crippen LogP contribution in [-0.2, 0) is 5.41 Å². The number of allylic oxidation sites excluding steroid dienone is 14. The molecule has 0 bridgehead atoms. The average Bonchev–Trinajstić information content (AvgIpc) is 0.718. The molecule has 0 saturated heterocycles. The molecular formula is C99H98N2. The largest absolute Gasteiger partial charge is 0.334 e. The quantitative estimate of drug-likeness (QED) is 0.0951. The molecule has 0 amide bonds. The van der Waals surface area contributed by atoms with Crippen LogP contribution < -0.4 is 9.80 Å². The molecule has 0 aliphatic heterocycles. The molecule has 0 saturated carbocycles. The number of hydrogen-bond donors (Lipinski definition) is 0. The molecule has 10 aromatic carbocycles. The zero-order valence-electron chi connectivity index (χ0n) is 61.9. The fraction of sp³-hybridized carbons (Fsp3) is 0.232. The average molecular weight is 1320 g/mol. The minimum atomic E-state index is -0.315. The van der Waals surface area contributed by atoms with E-state index in [4.69, 9.17) is 0 Å². The Bertz CT molecular complexity index is 5010. The summed E-state index contributed by atoms with van der Waals surface area (Å²) in [5.74, 6) is 1.65. The summed E-state index contributed by atoms with van der Waals surface area (Å²) >= 11 is 0. The van der Waals surface area contributed by atoms with Gasteiger partial charge in [0.1, 0.15) is 0 Å². The lowest BCUT2D eigenvalue weighted by atomic mass is 9.73. The Hall–Kier alpha value is -10.3. The van der Waals surface area contributed by atoms with E-state index in [0.717, 1.165) is 36.3 Å². The normalized spacial score (nSPS) is 18.3. The van der Waals surface area contributed by atoms with Gasteiger partial charge in [-0.25, -0.2) is 0 Å². The molecule has 0 spiro atoms. The highest BCUT2D eigenvalue weighted by Crippen LogP contribution is 2.46. The first-order valence-corrected chi connectivity index (χ1v) is 36.8. The molecule has 4 aliphatic carbocycles. The van der Waals surface area contributed by atoms with Gasteiger partial charge in [0.15, 0.2) is 0 Å². The molecule has 504 valence electrons. The summed E-state index contributed by atoms with van der Waals surface area (Å²) in [5.41, 5.74) is 38.8. The van der Waals surface area contributed by atoms with Gasteiger partial charge in [0.25, 0.3) is 0 Å². The van der Waals surface area contributed by atoms with Gasteiger partial charge in [0.2, 0.25) is 0 Å². The van der Waals surface area contributed by atoms with Crippen molar-refractivity contribution in [1.29, 1.82) is 0 Å². The Morgan fingerprint density at radius 2 is 0.772 bits per heavy atom. The number of rotatable bonds is 16. The van der Waals surface area contributed by atoms with Crippen molar-refractivity contribution < 1.29 is 0 Å². The molecule has 0 fully saturated rings. The lowest BCUT2D eigenvalue weighted by Gasteiger charge is -2.36. The molecule has 0 heterocycles. The van der Waals surface area contributed by atoms with Crippen LogP contribution in [0, 0.1) is 72.1 Å². The first-order valence-electron chi connectivity index (χ1n) is 36.8. The maximum Gasteiger partial charge on any atom is 0.0560 e. The second-order valence-corrected chi connectivity index (χ2v) is 30.8. The summed E-state index contributed by atoms with van der Waals surface area (Å²) in [4.78, 5) is 5.00. The zero-order chi connectivity index (χ0) is 70.4. The van der Waals surface area contributed by atoms with E-state index in [1.54, 1.807) is 0 Å². The molecule has 4 aliphatic rings. The number of nitrogens with zero attached hydrogens (tertiary/aromatic N) is 2. The molecule has 0 aromatic heterocycles. The lowest BCUT2D eigenvalue weighted by molar-refractivity contribution is 0.587. The van der Waals surface area contributed by atoms with Gasteiger partial charge in [-0.2, -0.15) is 0 Å². The van der Waals surface area contributed by atoms with Crippen LogP contribution in [0.4, 0.5) is 28.4 Å². The SMILES string of the molecule is CC1=CC(C)CC(c2ccc(C)cc2-c2ccc(N(c3ccc(C(C)(C)c4ccc(N(c5ccc(-c6ccc(C)cc6-c6cc(C)cc(C)c6)cc5)c5ccc(-c6cc(C)ccc6-c6cc(C)cc(C)c6)cc5)cc4)cc3)C3C=CC(C4C=CC(C)=CC4C4=CC(C)CC(C)=C4)=CC3)cc2)=C1. The molecule has 2 nitrogen and oxygen atoms in total. The van der Waals surface area contributed by atoms with Gasteiger partial charge >= 0.3 is 0 Å². The van der Waals surface area contributed by atoms with Crippen molar-refractivity contribution in [3.05, 3.63) is 357 Å². The highest BCUT2D eigenvalue weighted by Gasteiger charge is 2.31. The summed E-state index contributed by atoms with van der Waals surface area (Å²) in [7, 11) is 0. The molecule has 0 N–H and O–H groups in total. The summed E-state index contributed by atoms with van der Waals surface area (Å²) in [6.07, 6.45) is 27.6. The van der Waals surface area contributed by atoms with Crippen LogP contribution in [-0.4, -0.2) is 6.04 Å². The summed E-state index contributed by atoms with van der Waals surface area (Å²) in [6, 6.07) is 81.3. The predicted octanol–water partition coefficient (Wildman–Crippen LogP) is 27.4. The Morgan fingerprint density at radius 3 is 1.27 bits per heavy atom. The second kappa shape index (κ2) is 28.4. The summed E-state index contributed by atoms with van der Waals surface area (Å²) in [6.45, 7) is 31.6. The van der Waals surface area contributed by atoms with Crippen LogP contribution in [0.3, 0.4) is 0 Å². The third-order valence-electron chi connectivity index (χ3n) is 21.6. The first-order chi connectivity index (χ1) is 48.6. The van der Waals surface area contributed by atoms with Crippen LogP contribution in [0.2, 0.25) is 0 Å². The molecule has 14 rings (SSSR count). The minimum Gasteiger partial charge on any atom is -0.334 e. The van der Waals surface area contributed by atoms with Gasteiger partial charge in [-0.1, -0.05) is 296 Å². The fourth-order valence-corrected chi connectivity index (χ4v) is 16.8. The van der Waals surface area contributed by atoms with Crippen LogP contribution >= 0.6 is 0 Å². The van der Waals surface area contributed by atoms with Gasteiger partial charge in [0.05, 0.1) is 6.04 Å². The van der Waals surface area contributed by atoms with E-state index in [1.165, 1.54) is 156 Å². The Labute approximate surface area is 603 Å². The molecule has 0 radical (unpaired) electrons. The third kappa shape index (κ3) is 14.6. The Kier molecular flexibility index (Phi) is 19.1. The lowest BCUT2D eigenvalue weighted by Crippen LogP contribution is -2.31. The van der Waals surface area contributed by atoms with Gasteiger partial charge in [-0.15, -0.1) is 0 Å². The van der Waals surface area contributed by atoms with Crippen LogP contribution in [0.25, 0.3) is 61.2 Å². The predicted molar refractivity (Wildman–Crippen MR) is 435 cm³/mol. The standard InChI is InChI=1S/C99H98N2/c1-63-17-45-93(79-51-67(5)47-68(6)52-79)95(59-63)77-23-35-87(36-24-77)100(85-31-19-75(20-32-85)91-43-15-65(3)61-97(91)81-55-71(9)49-72(10)56-81)89-39-27-83(28-40-89)99(13,14)84-29-41-90(42-30-84)101(86-33-21-76(22-34-86)92-44-16-66(4)62-98(92)82-57-73(11)50-74(12)58-82)88-37-25-78(26-38-88)96-60-64(2)18-46-94(96)80-53-69(7)48-70(8)54-80/h15-33,35-49,51-53,55-62,70,73,86,92,98H,34,50,54H2,1-14H3. The highest BCUT2D eigenvalue weighted by molar-refractivity contribution is 5.89. The van der Waals surface area contributed by atoms with E-state index in [-0.39, 0.29) is 17.4 Å². The summed E-state index contributed by atoms with van der Waals surface area (Å²) in [5, 5.41) is 0. The van der Waals surface area contributed by atoms with Crippen LogP contribution in [0.5, 0.6) is 0 Å². The van der Waals surface area contributed by atoms with Crippen molar-refractivity contribution >= 4 is 34.0 Å². The van der Waals surface area contributed by atoms with E-state index in [1.807, 2.05) is 0 Å². The number of hydrogen-bond acceptors (Lipinski definition) is 2. The summed E-state index contributed by atoms with van der Waals surface area (Å²) < 4.78 is 0. The van der Waals surface area contributed by atoms with Crippen molar-refractivity contribution in [1.82, 2.24) is 0 Å². The molecular weight excluding hydrogens is 1220 g/mol. The number of aryl methyl sites for hydroxylation is 7. The van der Waals surface area contributed by atoms with Crippen LogP contribution in [0.15, 0.2) is 301 Å². The number of anilines is 5. The van der Waals surface area contributed by atoms with E-state index in [0.29, 0.717) is 17.8 Å². The van der Waals surface area contributed by atoms with Crippen molar-refractivity contribution in [2.45, 2.75) is 128 Å². The highest BCUT2D eigenvalue weighted by atomic mass is 15.2. The van der Waals surface area contributed by atoms with Crippen molar-refractivity contribution in [2.75, 3.05) is 9.80 Å². The smallest absolute Gasteiger partial charge is 0.0560 e. The van der Waals surface area contributed by atoms with Crippen molar-refractivity contribution in [3.8, 4) is 55.6 Å². The third-order valence-corrected chi connectivity index (χ3v) is 21.6. The Balaban J connectivity index is 0.795. The molecule has 5 unspecified atom stereocenters. The van der Waals surface area contributed by atoms with Crippen molar-refractivity contribution in [3.63, 3.8) is 0 Å². The van der Waals surface area contributed by atoms with E-state index in [9.17, 15) is 0 Å². The van der Waals surface area contributed by atoms with E-state index in [2.05, 4.69) is 380 Å². The van der Waals surface area contributed by atoms with Gasteiger partial charge in [-0.05, 0) is 250 Å².